The summed E-state index contributed by atoms with van der Waals surface area (Å²) < 4.78 is 5.97. The summed E-state index contributed by atoms with van der Waals surface area (Å²) >= 11 is 3.36. The normalized spacial score (nSPS) is 24.4. The smallest absolute Gasteiger partial charge is 0.232 e. The van der Waals surface area contributed by atoms with E-state index in [1.165, 1.54) is 32.1 Å². The van der Waals surface area contributed by atoms with Crippen LogP contribution in [0.25, 0.3) is 0 Å². The van der Waals surface area contributed by atoms with Gasteiger partial charge in [0, 0.05) is 6.04 Å². The van der Waals surface area contributed by atoms with Crippen molar-refractivity contribution in [1.82, 2.24) is 9.97 Å². The number of halogens is 1. The zero-order valence-electron chi connectivity index (χ0n) is 10.9. The monoisotopic (exact) mass is 313 g/mol. The third-order valence-corrected chi connectivity index (χ3v) is 4.13. The minimum absolute atomic E-state index is 0.471. The van der Waals surface area contributed by atoms with Crippen LogP contribution in [0.3, 0.4) is 0 Å². The van der Waals surface area contributed by atoms with Gasteiger partial charge in [0.25, 0.3) is 0 Å². The van der Waals surface area contributed by atoms with Crippen molar-refractivity contribution in [2.75, 3.05) is 12.4 Å². The van der Waals surface area contributed by atoms with Gasteiger partial charge in [0.2, 0.25) is 11.8 Å². The summed E-state index contributed by atoms with van der Waals surface area (Å²) in [5.41, 5.74) is 0. The first-order valence-electron chi connectivity index (χ1n) is 6.53. The predicted molar refractivity (Wildman–Crippen MR) is 75.9 cm³/mol. The van der Waals surface area contributed by atoms with E-state index in [2.05, 4.69) is 38.1 Å². The van der Waals surface area contributed by atoms with Gasteiger partial charge in [-0.05, 0) is 34.7 Å². The van der Waals surface area contributed by atoms with E-state index in [4.69, 9.17) is 4.74 Å². The van der Waals surface area contributed by atoms with Crippen molar-refractivity contribution in [2.24, 2.45) is 5.92 Å². The van der Waals surface area contributed by atoms with Gasteiger partial charge in [-0.3, -0.25) is 0 Å². The van der Waals surface area contributed by atoms with Crippen molar-refractivity contribution in [3.8, 4) is 5.88 Å². The molecule has 0 amide bonds. The zero-order chi connectivity index (χ0) is 13.0. The average Bonchev–Trinajstić information content (AvgIpc) is 2.57. The molecule has 1 heterocycles. The molecule has 0 aromatic carbocycles. The lowest BCUT2D eigenvalue weighted by molar-refractivity contribution is 0.393. The lowest BCUT2D eigenvalue weighted by Gasteiger charge is -2.22. The van der Waals surface area contributed by atoms with Crippen LogP contribution in [-0.2, 0) is 0 Å². The van der Waals surface area contributed by atoms with Crippen LogP contribution in [0.15, 0.2) is 10.7 Å². The molecule has 100 valence electrons. The molecule has 0 spiro atoms. The molecule has 2 unspecified atom stereocenters. The number of ether oxygens (including phenoxy) is 1. The summed E-state index contributed by atoms with van der Waals surface area (Å²) in [5.74, 6) is 1.91. The van der Waals surface area contributed by atoms with Crippen molar-refractivity contribution in [1.29, 1.82) is 0 Å². The van der Waals surface area contributed by atoms with Gasteiger partial charge in [-0.1, -0.05) is 26.2 Å². The molecule has 1 N–H and O–H groups in total. The van der Waals surface area contributed by atoms with E-state index in [1.54, 1.807) is 13.3 Å². The third kappa shape index (κ3) is 3.34. The number of aromatic nitrogens is 2. The molecule has 1 fully saturated rings. The van der Waals surface area contributed by atoms with Crippen molar-refractivity contribution >= 4 is 21.9 Å². The second kappa shape index (κ2) is 6.36. The van der Waals surface area contributed by atoms with E-state index >= 15 is 0 Å². The molecule has 1 saturated carbocycles. The maximum Gasteiger partial charge on any atom is 0.232 e. The minimum atomic E-state index is 0.471. The number of hydrogen-bond donors (Lipinski definition) is 1. The van der Waals surface area contributed by atoms with Crippen LogP contribution in [0, 0.1) is 5.92 Å². The van der Waals surface area contributed by atoms with E-state index in [9.17, 15) is 0 Å². The van der Waals surface area contributed by atoms with Gasteiger partial charge < -0.3 is 10.1 Å². The lowest BCUT2D eigenvalue weighted by Crippen LogP contribution is -2.27. The SMILES string of the molecule is COc1nc(NC2CCCCCC2C)ncc1Br. The van der Waals surface area contributed by atoms with Crippen molar-refractivity contribution in [3.63, 3.8) is 0 Å². The molecular weight excluding hydrogens is 294 g/mol. The van der Waals surface area contributed by atoms with Crippen LogP contribution < -0.4 is 10.1 Å². The Morgan fingerprint density at radius 2 is 2.11 bits per heavy atom. The summed E-state index contributed by atoms with van der Waals surface area (Å²) in [6, 6.07) is 0.471. The number of nitrogens with zero attached hydrogens (tertiary/aromatic N) is 2. The molecule has 1 aromatic rings. The van der Waals surface area contributed by atoms with Gasteiger partial charge in [0.05, 0.1) is 17.8 Å². The van der Waals surface area contributed by atoms with E-state index in [0.717, 1.165) is 4.47 Å². The Morgan fingerprint density at radius 1 is 1.33 bits per heavy atom. The second-order valence-electron chi connectivity index (χ2n) is 4.92. The molecule has 1 aromatic heterocycles. The third-order valence-electron chi connectivity index (χ3n) is 3.58. The van der Waals surface area contributed by atoms with E-state index in [-0.39, 0.29) is 0 Å². The second-order valence-corrected chi connectivity index (χ2v) is 5.77. The van der Waals surface area contributed by atoms with E-state index < -0.39 is 0 Å². The Bertz CT molecular complexity index is 400. The van der Waals surface area contributed by atoms with Crippen molar-refractivity contribution in [3.05, 3.63) is 10.7 Å². The zero-order valence-corrected chi connectivity index (χ0v) is 12.5. The summed E-state index contributed by atoms with van der Waals surface area (Å²) in [5, 5.41) is 3.45. The number of methoxy groups -OCH3 is 1. The van der Waals surface area contributed by atoms with Gasteiger partial charge in [-0.15, -0.1) is 0 Å². The highest BCUT2D eigenvalue weighted by atomic mass is 79.9. The number of nitrogens with one attached hydrogen (secondary N) is 1. The lowest BCUT2D eigenvalue weighted by atomic mass is 9.97. The summed E-state index contributed by atoms with van der Waals surface area (Å²) in [7, 11) is 1.62. The van der Waals surface area contributed by atoms with Gasteiger partial charge in [0.15, 0.2) is 0 Å². The fraction of sp³-hybridized carbons (Fsp3) is 0.692. The van der Waals surface area contributed by atoms with Crippen LogP contribution in [0.1, 0.15) is 39.0 Å². The van der Waals surface area contributed by atoms with E-state index in [0.29, 0.717) is 23.8 Å². The predicted octanol–water partition coefficient (Wildman–Crippen LogP) is 3.63. The first kappa shape index (κ1) is 13.6. The number of rotatable bonds is 3. The molecular formula is C13H20BrN3O. The molecule has 2 rings (SSSR count). The fourth-order valence-electron chi connectivity index (χ4n) is 2.44. The van der Waals surface area contributed by atoms with Crippen LogP contribution in [0.2, 0.25) is 0 Å². The molecule has 0 radical (unpaired) electrons. The molecule has 4 nitrogen and oxygen atoms in total. The Labute approximate surface area is 117 Å². The fourth-order valence-corrected chi connectivity index (χ4v) is 2.79. The molecule has 0 bridgehead atoms. The maximum atomic E-state index is 5.19. The number of hydrogen-bond acceptors (Lipinski definition) is 4. The van der Waals surface area contributed by atoms with Gasteiger partial charge in [-0.25, -0.2) is 4.98 Å². The molecule has 1 aliphatic carbocycles. The highest BCUT2D eigenvalue weighted by Crippen LogP contribution is 2.27. The molecule has 1 aliphatic rings. The van der Waals surface area contributed by atoms with Gasteiger partial charge in [-0.2, -0.15) is 4.98 Å². The Hall–Kier alpha value is -0.840. The standard InChI is InChI=1S/C13H20BrN3O/c1-9-6-4-3-5-7-11(9)16-13-15-8-10(14)12(17-13)18-2/h8-9,11H,3-7H2,1-2H3,(H,15,16,17). The Kier molecular flexibility index (Phi) is 4.80. The Morgan fingerprint density at radius 3 is 2.89 bits per heavy atom. The highest BCUT2D eigenvalue weighted by Gasteiger charge is 2.20. The van der Waals surface area contributed by atoms with Crippen LogP contribution >= 0.6 is 15.9 Å². The summed E-state index contributed by atoms with van der Waals surface area (Å²) in [4.78, 5) is 8.66. The van der Waals surface area contributed by atoms with Gasteiger partial charge in [0.1, 0.15) is 0 Å². The highest BCUT2D eigenvalue weighted by molar-refractivity contribution is 9.10. The average molecular weight is 314 g/mol. The van der Waals surface area contributed by atoms with Crippen molar-refractivity contribution < 1.29 is 4.74 Å². The first-order valence-corrected chi connectivity index (χ1v) is 7.33. The molecule has 18 heavy (non-hydrogen) atoms. The summed E-state index contributed by atoms with van der Waals surface area (Å²) in [6.07, 6.45) is 8.18. The first-order chi connectivity index (χ1) is 8.70. The minimum Gasteiger partial charge on any atom is -0.480 e. The summed E-state index contributed by atoms with van der Waals surface area (Å²) in [6.45, 7) is 2.30. The quantitative estimate of drug-likeness (QED) is 0.866. The largest absolute Gasteiger partial charge is 0.480 e. The van der Waals surface area contributed by atoms with Crippen LogP contribution in [0.5, 0.6) is 5.88 Å². The van der Waals surface area contributed by atoms with E-state index in [1.807, 2.05) is 0 Å². The number of anilines is 1. The Balaban J connectivity index is 2.07. The van der Waals surface area contributed by atoms with Crippen LogP contribution in [-0.4, -0.2) is 23.1 Å². The molecule has 2 atom stereocenters. The van der Waals surface area contributed by atoms with Gasteiger partial charge >= 0.3 is 0 Å². The topological polar surface area (TPSA) is 47.0 Å². The maximum absolute atomic E-state index is 5.19. The molecule has 0 aliphatic heterocycles. The molecule has 0 saturated heterocycles. The van der Waals surface area contributed by atoms with Crippen LogP contribution in [0.4, 0.5) is 5.95 Å². The van der Waals surface area contributed by atoms with Crippen molar-refractivity contribution in [2.45, 2.75) is 45.1 Å². The molecule has 5 heteroatoms.